The van der Waals surface area contributed by atoms with Gasteiger partial charge in [-0.15, -0.1) is 0 Å². The van der Waals surface area contributed by atoms with Crippen molar-refractivity contribution in [3.63, 3.8) is 0 Å². The van der Waals surface area contributed by atoms with Gasteiger partial charge in [-0.3, -0.25) is 0 Å². The third-order valence-corrected chi connectivity index (χ3v) is 7.64. The highest BCUT2D eigenvalue weighted by Gasteiger charge is 2.25. The van der Waals surface area contributed by atoms with E-state index in [1.165, 1.54) is 128 Å². The van der Waals surface area contributed by atoms with Crippen LogP contribution in [0.2, 0.25) is 0 Å². The Morgan fingerprint density at radius 2 is 0.641 bits per heavy atom. The van der Waals surface area contributed by atoms with Gasteiger partial charge in [0.25, 0.3) is 0 Å². The van der Waals surface area contributed by atoms with Crippen LogP contribution in [-0.2, 0) is 19.1 Å². The Hall–Kier alpha value is -1.10. The van der Waals surface area contributed by atoms with Crippen molar-refractivity contribution in [2.45, 2.75) is 168 Å². The first-order valence-corrected chi connectivity index (χ1v) is 17.0. The van der Waals surface area contributed by atoms with E-state index in [1.54, 1.807) is 0 Å². The number of ether oxygens (including phenoxy) is 2. The van der Waals surface area contributed by atoms with Crippen LogP contribution in [0.5, 0.6) is 0 Å². The first-order chi connectivity index (χ1) is 18.9. The van der Waals surface area contributed by atoms with Crippen LogP contribution in [-0.4, -0.2) is 56.8 Å². The van der Waals surface area contributed by atoms with E-state index in [9.17, 15) is 9.59 Å². The summed E-state index contributed by atoms with van der Waals surface area (Å²) < 4.78 is 11.1. The molecule has 0 saturated carbocycles. The van der Waals surface area contributed by atoms with Crippen molar-refractivity contribution in [2.24, 2.45) is 0 Å². The van der Waals surface area contributed by atoms with Gasteiger partial charge < -0.3 is 14.0 Å². The van der Waals surface area contributed by atoms with Gasteiger partial charge in [0.1, 0.15) is 0 Å². The van der Waals surface area contributed by atoms with Gasteiger partial charge >= 0.3 is 11.9 Å². The third kappa shape index (κ3) is 29.7. The number of esters is 2. The Morgan fingerprint density at radius 3 is 0.897 bits per heavy atom. The molecule has 5 heteroatoms. The number of hydrogen-bond donors (Lipinski definition) is 0. The minimum Gasteiger partial charge on any atom is -0.462 e. The second kappa shape index (κ2) is 28.4. The summed E-state index contributed by atoms with van der Waals surface area (Å²) in [5, 5.41) is 0. The maximum atomic E-state index is 12.2. The van der Waals surface area contributed by atoms with Crippen LogP contribution in [0.25, 0.3) is 0 Å². The monoisotopic (exact) mass is 555 g/mol. The van der Waals surface area contributed by atoms with E-state index in [0.29, 0.717) is 13.2 Å². The van der Waals surface area contributed by atoms with Gasteiger partial charge in [-0.25, -0.2) is 9.59 Å². The van der Waals surface area contributed by atoms with Crippen LogP contribution in [0.3, 0.4) is 0 Å². The molecule has 232 valence electrons. The van der Waals surface area contributed by atoms with Crippen molar-refractivity contribution in [3.05, 3.63) is 0 Å². The lowest BCUT2D eigenvalue weighted by atomic mass is 10.1. The predicted molar refractivity (Wildman–Crippen MR) is 166 cm³/mol. The van der Waals surface area contributed by atoms with E-state index in [0.717, 1.165) is 25.7 Å². The molecule has 0 atom stereocenters. The molecule has 0 aliphatic rings. The fourth-order valence-corrected chi connectivity index (χ4v) is 5.10. The number of quaternary nitrogens is 1. The van der Waals surface area contributed by atoms with Gasteiger partial charge in [0.05, 0.1) is 27.3 Å². The topological polar surface area (TPSA) is 52.6 Å². The van der Waals surface area contributed by atoms with Crippen LogP contribution >= 0.6 is 0 Å². The first kappa shape index (κ1) is 37.9. The molecule has 0 fully saturated rings. The minimum absolute atomic E-state index is 0.200. The molecule has 0 aromatic heterocycles. The summed E-state index contributed by atoms with van der Waals surface area (Å²) in [4.78, 5) is 24.5. The largest absolute Gasteiger partial charge is 0.462 e. The normalized spacial score (nSPS) is 11.6. The molecule has 0 N–H and O–H groups in total. The third-order valence-electron chi connectivity index (χ3n) is 7.64. The van der Waals surface area contributed by atoms with E-state index in [-0.39, 0.29) is 29.5 Å². The highest BCUT2D eigenvalue weighted by molar-refractivity contribution is 5.73. The Labute approximate surface area is 243 Å². The summed E-state index contributed by atoms with van der Waals surface area (Å²) in [5.41, 5.74) is 0. The zero-order valence-corrected chi connectivity index (χ0v) is 26.9. The zero-order chi connectivity index (χ0) is 28.9. The van der Waals surface area contributed by atoms with Crippen molar-refractivity contribution in [1.82, 2.24) is 0 Å². The highest BCUT2D eigenvalue weighted by Crippen LogP contribution is 2.13. The number of carbonyl (C=O) groups excluding carboxylic acids is 2. The number of rotatable bonds is 30. The molecule has 0 aromatic rings. The van der Waals surface area contributed by atoms with E-state index in [1.807, 2.05) is 14.1 Å². The van der Waals surface area contributed by atoms with Gasteiger partial charge in [-0.1, -0.05) is 155 Å². The van der Waals surface area contributed by atoms with Crippen molar-refractivity contribution in [1.29, 1.82) is 0 Å². The Kier molecular flexibility index (Phi) is 27.6. The van der Waals surface area contributed by atoms with Gasteiger partial charge in [0.15, 0.2) is 13.1 Å². The quantitative estimate of drug-likeness (QED) is 0.0504. The first-order valence-electron chi connectivity index (χ1n) is 17.0. The molecule has 0 aliphatic carbocycles. The average molecular weight is 555 g/mol. The lowest BCUT2D eigenvalue weighted by Gasteiger charge is -2.27. The molecule has 0 radical (unpaired) electrons. The summed E-state index contributed by atoms with van der Waals surface area (Å²) in [5.74, 6) is -0.450. The number of carbonyl (C=O) groups is 2. The molecule has 39 heavy (non-hydrogen) atoms. The van der Waals surface area contributed by atoms with Gasteiger partial charge in [0, 0.05) is 0 Å². The lowest BCUT2D eigenvalue weighted by Crippen LogP contribution is -2.48. The number of nitrogens with zero attached hydrogens (tertiary/aromatic N) is 1. The molecule has 0 heterocycles. The molecule has 0 bridgehead atoms. The number of unbranched alkanes of at least 4 members (excludes halogenated alkanes) is 22. The molecule has 0 saturated heterocycles. The Bertz CT molecular complexity index is 503. The summed E-state index contributed by atoms with van der Waals surface area (Å²) in [6.45, 7) is 5.90. The van der Waals surface area contributed by atoms with Crippen LogP contribution < -0.4 is 0 Å². The predicted octanol–water partition coefficient (Wildman–Crippen LogP) is 9.55. The maximum Gasteiger partial charge on any atom is 0.361 e. The fraction of sp³-hybridized carbons (Fsp3) is 0.941. The zero-order valence-electron chi connectivity index (χ0n) is 26.9. The van der Waals surface area contributed by atoms with Crippen molar-refractivity contribution in [3.8, 4) is 0 Å². The van der Waals surface area contributed by atoms with E-state index in [2.05, 4.69) is 13.8 Å². The molecular weight excluding hydrogens is 486 g/mol. The molecule has 0 spiro atoms. The van der Waals surface area contributed by atoms with Crippen molar-refractivity contribution < 1.29 is 23.5 Å². The number of hydrogen-bond acceptors (Lipinski definition) is 4. The minimum atomic E-state index is -0.225. The molecule has 5 nitrogen and oxygen atoms in total. The van der Waals surface area contributed by atoms with Crippen LogP contribution in [0.1, 0.15) is 168 Å². The van der Waals surface area contributed by atoms with Gasteiger partial charge in [-0.2, -0.15) is 0 Å². The van der Waals surface area contributed by atoms with Crippen LogP contribution in [0.15, 0.2) is 0 Å². The molecule has 0 unspecified atom stereocenters. The standard InChI is InChI=1S/C34H68NO4/c1-5-7-9-11-13-15-17-19-21-23-25-27-29-38-33(36)31-35(3,4)32-34(37)39-30-28-26-24-22-20-18-16-14-12-10-8-6-2/h5-32H2,1-4H3/q+1. The van der Waals surface area contributed by atoms with Gasteiger partial charge in [0.2, 0.25) is 0 Å². The average Bonchev–Trinajstić information content (AvgIpc) is 2.88. The number of likely N-dealkylation sites (N-methyl/N-ethyl adjacent to an activating group) is 1. The maximum absolute atomic E-state index is 12.2. The molecule has 0 aliphatic heterocycles. The smallest absolute Gasteiger partial charge is 0.361 e. The van der Waals surface area contributed by atoms with Crippen molar-refractivity contribution >= 4 is 11.9 Å². The lowest BCUT2D eigenvalue weighted by molar-refractivity contribution is -0.875. The summed E-state index contributed by atoms with van der Waals surface area (Å²) >= 11 is 0. The SMILES string of the molecule is CCCCCCCCCCCCCCOC(=O)C[N+](C)(C)CC(=O)OCCCCCCCCCCCCCC. The molecule has 0 amide bonds. The van der Waals surface area contributed by atoms with Crippen LogP contribution in [0.4, 0.5) is 0 Å². The summed E-state index contributed by atoms with van der Waals surface area (Å²) in [7, 11) is 3.77. The fourth-order valence-electron chi connectivity index (χ4n) is 5.10. The molecule has 0 rings (SSSR count). The molecular formula is C34H68NO4+. The Morgan fingerprint density at radius 1 is 0.410 bits per heavy atom. The second-order valence-corrected chi connectivity index (χ2v) is 12.5. The van der Waals surface area contributed by atoms with Crippen LogP contribution in [0, 0.1) is 0 Å². The van der Waals surface area contributed by atoms with Crippen molar-refractivity contribution in [2.75, 3.05) is 40.4 Å². The van der Waals surface area contributed by atoms with E-state index < -0.39 is 0 Å². The van der Waals surface area contributed by atoms with E-state index >= 15 is 0 Å². The second-order valence-electron chi connectivity index (χ2n) is 12.5. The molecule has 0 aromatic carbocycles. The highest BCUT2D eigenvalue weighted by atomic mass is 16.5. The van der Waals surface area contributed by atoms with E-state index in [4.69, 9.17) is 9.47 Å². The Balaban J connectivity index is 3.56. The summed E-state index contributed by atoms with van der Waals surface area (Å²) in [6, 6.07) is 0. The van der Waals surface area contributed by atoms with Gasteiger partial charge in [-0.05, 0) is 12.8 Å². The summed E-state index contributed by atoms with van der Waals surface area (Å²) in [6.07, 6.45) is 31.0.